The van der Waals surface area contributed by atoms with Crippen molar-refractivity contribution in [3.63, 3.8) is 0 Å². The molecule has 0 saturated heterocycles. The first-order valence-corrected chi connectivity index (χ1v) is 34.9. The summed E-state index contributed by atoms with van der Waals surface area (Å²) in [6.07, 6.45) is 21.9. The summed E-state index contributed by atoms with van der Waals surface area (Å²) in [5.41, 5.74) is 3.42. The van der Waals surface area contributed by atoms with Gasteiger partial charge in [0, 0.05) is 19.4 Å². The second kappa shape index (κ2) is 47.8. The van der Waals surface area contributed by atoms with Crippen LogP contribution in [-0.2, 0) is 82.7 Å². The first-order valence-electron chi connectivity index (χ1n) is 33.8. The van der Waals surface area contributed by atoms with Gasteiger partial charge in [-0.15, -0.1) is 0 Å². The lowest BCUT2D eigenvalue weighted by atomic mass is 9.84. The van der Waals surface area contributed by atoms with Gasteiger partial charge in [0.05, 0.1) is 33.0 Å². The van der Waals surface area contributed by atoms with Gasteiger partial charge in [-0.1, -0.05) is 289 Å². The predicted molar refractivity (Wildman–Crippen MR) is 346 cm³/mol. The third-order valence-corrected chi connectivity index (χ3v) is 17.1. The molecule has 0 aliphatic heterocycles. The summed E-state index contributed by atoms with van der Waals surface area (Å²) in [6.45, 7) is 8.26. The highest BCUT2D eigenvalue weighted by Gasteiger charge is 2.56. The van der Waals surface area contributed by atoms with Gasteiger partial charge in [-0.05, 0) is 48.9 Å². The normalized spacial score (nSPS) is 18.7. The Balaban J connectivity index is 1.35. The van der Waals surface area contributed by atoms with Crippen LogP contribution in [-0.4, -0.2) is 80.8 Å². The number of ether oxygens (including phenoxy) is 7. The van der Waals surface area contributed by atoms with Gasteiger partial charge in [-0.25, -0.2) is 4.39 Å². The number of hydrogen-bond donors (Lipinski definition) is 0. The highest BCUT2D eigenvalue weighted by molar-refractivity contribution is 7.41. The fourth-order valence-corrected chi connectivity index (χ4v) is 12.2. The third-order valence-electron chi connectivity index (χ3n) is 16.0. The van der Waals surface area contributed by atoms with Crippen molar-refractivity contribution in [3.8, 4) is 0 Å². The van der Waals surface area contributed by atoms with Crippen LogP contribution in [0.2, 0.25) is 0 Å². The van der Waals surface area contributed by atoms with Gasteiger partial charge >= 0.3 is 20.5 Å². The Labute approximate surface area is 525 Å². The largest absolute Gasteiger partial charge is 0.462 e. The number of halogens is 1. The summed E-state index contributed by atoms with van der Waals surface area (Å²) < 4.78 is 83.2. The van der Waals surface area contributed by atoms with E-state index in [-0.39, 0.29) is 58.5 Å². The van der Waals surface area contributed by atoms with Gasteiger partial charge in [-0.2, -0.15) is 0 Å². The molecule has 4 aromatic rings. The molecular weight excluding hydrogens is 1120 g/mol. The van der Waals surface area contributed by atoms with Crippen molar-refractivity contribution in [2.75, 3.05) is 19.8 Å². The lowest BCUT2D eigenvalue weighted by Gasteiger charge is -2.48. The van der Waals surface area contributed by atoms with Gasteiger partial charge in [0.25, 0.3) is 0 Å². The van der Waals surface area contributed by atoms with E-state index >= 15 is 4.39 Å². The summed E-state index contributed by atoms with van der Waals surface area (Å²) in [7, 11) is -2.44. The summed E-state index contributed by atoms with van der Waals surface area (Å²) in [6, 6.07) is 38.6. The molecule has 486 valence electrons. The molecule has 12 nitrogen and oxygen atoms in total. The number of esters is 2. The minimum Gasteiger partial charge on any atom is -0.462 e. The van der Waals surface area contributed by atoms with E-state index in [9.17, 15) is 9.59 Å². The first kappa shape index (κ1) is 73.6. The number of unbranched alkanes of at least 4 members (excludes halogenated alkanes) is 24. The monoisotopic (exact) mass is 1230 g/mol. The Morgan fingerprint density at radius 1 is 0.425 bits per heavy atom. The number of carbonyl (C=O) groups is 2. The molecule has 1 aliphatic carbocycles. The Bertz CT molecular complexity index is 2270. The van der Waals surface area contributed by atoms with E-state index in [1.54, 1.807) is 6.92 Å². The molecule has 4 aromatic carbocycles. The van der Waals surface area contributed by atoms with Crippen LogP contribution >= 0.6 is 8.60 Å². The van der Waals surface area contributed by atoms with Gasteiger partial charge in [-0.3, -0.25) is 9.59 Å². The molecule has 1 aliphatic rings. The van der Waals surface area contributed by atoms with Gasteiger partial charge < -0.3 is 46.7 Å². The molecule has 87 heavy (non-hydrogen) atoms. The van der Waals surface area contributed by atoms with E-state index in [0.29, 0.717) is 19.4 Å². The lowest BCUT2D eigenvalue weighted by molar-refractivity contribution is -0.280. The molecule has 0 aromatic heterocycles. The molecule has 0 bridgehead atoms. The van der Waals surface area contributed by atoms with Crippen LogP contribution in [0.5, 0.6) is 0 Å². The van der Waals surface area contributed by atoms with E-state index in [2.05, 4.69) is 13.8 Å². The van der Waals surface area contributed by atoms with Gasteiger partial charge in [0.15, 0.2) is 18.6 Å². The average molecular weight is 1230 g/mol. The average Bonchev–Trinajstić information content (AvgIpc) is 1.45. The Morgan fingerprint density at radius 3 is 1.21 bits per heavy atom. The fraction of sp³-hybridized carbons (Fsp3) is 0.644. The Kier molecular flexibility index (Phi) is 40.4. The van der Waals surface area contributed by atoms with Crippen molar-refractivity contribution in [3.05, 3.63) is 144 Å². The van der Waals surface area contributed by atoms with Crippen molar-refractivity contribution in [1.82, 2.24) is 0 Å². The molecule has 9 atom stereocenters. The third kappa shape index (κ3) is 32.4. The van der Waals surface area contributed by atoms with Gasteiger partial charge in [0.1, 0.15) is 37.1 Å². The molecule has 0 amide bonds. The zero-order valence-electron chi connectivity index (χ0n) is 53.6. The minimum absolute atomic E-state index is 0.0586. The summed E-state index contributed by atoms with van der Waals surface area (Å²) in [4.78, 5) is 27.1. The zero-order valence-corrected chi connectivity index (χ0v) is 54.5. The SMILES string of the molecule is CCCCCCCCCCCCCCCC(=O)OC[C@H](COP(OCc1ccccc1)O[C@H]1[C@H](OCc2ccccc2)[C@@H](OCc2ccccc2)[C@H](OCc2ccccc2)[C@@H](F)[C@H]1OC(C)OCC)OC(=O)CCCCCCCCCCCCCCC. The van der Waals surface area contributed by atoms with Crippen molar-refractivity contribution in [2.24, 2.45) is 0 Å². The standard InChI is InChI=1S/C73H110FO12P/c1-5-8-10-12-14-16-18-20-22-24-26-28-42-52-66(75)78-58-65(85-67(76)53-43-29-27-25-23-21-19-17-15-13-11-9-6-2)59-83-87(82-57-64-50-40-33-41-51-64)86-73-70(84-60(4)77-7-3)68(74)69(79-54-61-44-34-30-35-45-61)71(80-55-62-46-36-31-37-47-62)72(73)81-56-63-48-38-32-39-49-63/h30-41,44-51,60,65,68-73H,5-29,42-43,52-59H2,1-4H3/t60?,65-,68-,69-,70-,71+,72-,73-,87?/m1/s1. The maximum atomic E-state index is 18.1. The van der Waals surface area contributed by atoms with E-state index in [0.717, 1.165) is 60.8 Å². The number of alkyl halides is 1. The van der Waals surface area contributed by atoms with Crippen molar-refractivity contribution < 1.29 is 60.7 Å². The lowest BCUT2D eigenvalue weighted by Crippen LogP contribution is -2.65. The molecule has 1 saturated carbocycles. The van der Waals surface area contributed by atoms with Crippen LogP contribution in [0.25, 0.3) is 0 Å². The van der Waals surface area contributed by atoms with Crippen molar-refractivity contribution >= 4 is 20.5 Å². The summed E-state index contributed by atoms with van der Waals surface area (Å²) >= 11 is 0. The quantitative estimate of drug-likeness (QED) is 0.0181. The molecule has 5 rings (SSSR count). The molecule has 0 radical (unpaired) electrons. The second-order valence-corrected chi connectivity index (χ2v) is 24.7. The van der Waals surface area contributed by atoms with Crippen LogP contribution in [0, 0.1) is 0 Å². The van der Waals surface area contributed by atoms with E-state index in [1.165, 1.54) is 116 Å². The number of carbonyl (C=O) groups excluding carboxylic acids is 2. The summed E-state index contributed by atoms with van der Waals surface area (Å²) in [5.74, 6) is -0.770. The maximum absolute atomic E-state index is 18.1. The topological polar surface area (TPSA) is 126 Å². The number of benzene rings is 4. The van der Waals surface area contributed by atoms with E-state index in [4.69, 9.17) is 46.7 Å². The Morgan fingerprint density at radius 2 is 0.793 bits per heavy atom. The molecule has 1 fully saturated rings. The molecule has 14 heteroatoms. The molecule has 2 unspecified atom stereocenters. The smallest absolute Gasteiger partial charge is 0.333 e. The fourth-order valence-electron chi connectivity index (χ4n) is 11.0. The van der Waals surface area contributed by atoms with Crippen LogP contribution in [0.15, 0.2) is 121 Å². The predicted octanol–water partition coefficient (Wildman–Crippen LogP) is 19.1. The molecule has 0 N–H and O–H groups in total. The van der Waals surface area contributed by atoms with Crippen LogP contribution in [0.3, 0.4) is 0 Å². The van der Waals surface area contributed by atoms with Gasteiger partial charge in [0.2, 0.25) is 0 Å². The molecule has 0 spiro atoms. The van der Waals surface area contributed by atoms with Crippen LogP contribution in [0.1, 0.15) is 230 Å². The molecular formula is C73H110FO12P. The summed E-state index contributed by atoms with van der Waals surface area (Å²) in [5, 5.41) is 0. The highest BCUT2D eigenvalue weighted by Crippen LogP contribution is 2.47. The number of rotatable bonds is 52. The zero-order chi connectivity index (χ0) is 61.6. The highest BCUT2D eigenvalue weighted by atomic mass is 31.2. The number of hydrogen-bond acceptors (Lipinski definition) is 12. The van der Waals surface area contributed by atoms with Crippen molar-refractivity contribution in [2.45, 2.75) is 283 Å². The molecule has 0 heterocycles. The van der Waals surface area contributed by atoms with E-state index < -0.39 is 63.7 Å². The maximum Gasteiger partial charge on any atom is 0.333 e. The van der Waals surface area contributed by atoms with Crippen LogP contribution < -0.4 is 0 Å². The first-order chi connectivity index (χ1) is 42.8. The van der Waals surface area contributed by atoms with E-state index in [1.807, 2.05) is 128 Å². The second-order valence-electron chi connectivity index (χ2n) is 23.5. The minimum atomic E-state index is -2.44. The Hall–Kier alpha value is -4.14. The van der Waals surface area contributed by atoms with Crippen LogP contribution in [0.4, 0.5) is 4.39 Å². The van der Waals surface area contributed by atoms with Crippen molar-refractivity contribution in [1.29, 1.82) is 0 Å².